The monoisotopic (exact) mass is 355 g/mol. The van der Waals surface area contributed by atoms with E-state index in [1.165, 1.54) is 30.2 Å². The third-order valence-electron chi connectivity index (χ3n) is 3.15. The van der Waals surface area contributed by atoms with Crippen LogP contribution in [0.2, 0.25) is 0 Å². The molecule has 1 aromatic carbocycles. The van der Waals surface area contributed by atoms with E-state index in [-0.39, 0.29) is 30.2 Å². The number of ether oxygens (including phenoxy) is 1. The maximum absolute atomic E-state index is 14.1. The lowest BCUT2D eigenvalue weighted by molar-refractivity contribution is -0.137. The van der Waals surface area contributed by atoms with Crippen LogP contribution < -0.4 is 4.74 Å². The van der Waals surface area contributed by atoms with Gasteiger partial charge in [0, 0.05) is 18.5 Å². The van der Waals surface area contributed by atoms with E-state index in [1.54, 1.807) is 6.07 Å². The first-order valence-corrected chi connectivity index (χ1v) is 7.96. The molecule has 1 aliphatic heterocycles. The summed E-state index contributed by atoms with van der Waals surface area (Å²) in [5.41, 5.74) is 0.232. The maximum Gasteiger partial charge on any atom is 0.303 e. The lowest BCUT2D eigenvalue weighted by Crippen LogP contribution is -2.29. The molecule has 0 atom stereocenters. The minimum atomic E-state index is -0.926. The molecule has 0 aromatic heterocycles. The largest absolute Gasteiger partial charge is 0.494 e. The molecule has 5 nitrogen and oxygen atoms in total. The first kappa shape index (κ1) is 17.4. The summed E-state index contributed by atoms with van der Waals surface area (Å²) in [5.74, 6) is -1.72. The van der Waals surface area contributed by atoms with E-state index in [4.69, 9.17) is 22.1 Å². The zero-order valence-corrected chi connectivity index (χ0v) is 13.9. The van der Waals surface area contributed by atoms with Crippen molar-refractivity contribution in [2.24, 2.45) is 0 Å². The fourth-order valence-corrected chi connectivity index (χ4v) is 3.32. The molecule has 0 saturated carbocycles. The number of methoxy groups -OCH3 is 1. The molecule has 8 heteroatoms. The van der Waals surface area contributed by atoms with Crippen LogP contribution in [0.4, 0.5) is 4.39 Å². The SMILES string of the molecule is COc1cccc(/C=C2\SC(=S)N(CCCC(=O)O)C2=O)c1F. The summed E-state index contributed by atoms with van der Waals surface area (Å²) in [4.78, 5) is 24.5. The van der Waals surface area contributed by atoms with Crippen LogP contribution in [0, 0.1) is 5.82 Å². The molecule has 122 valence electrons. The number of hydrogen-bond acceptors (Lipinski definition) is 5. The van der Waals surface area contributed by atoms with Gasteiger partial charge in [-0.3, -0.25) is 14.5 Å². The van der Waals surface area contributed by atoms with Crippen molar-refractivity contribution in [1.82, 2.24) is 4.90 Å². The molecule has 1 saturated heterocycles. The molecule has 23 heavy (non-hydrogen) atoms. The molecule has 0 spiro atoms. The van der Waals surface area contributed by atoms with Gasteiger partial charge in [0.1, 0.15) is 4.32 Å². The van der Waals surface area contributed by atoms with E-state index in [0.29, 0.717) is 15.6 Å². The van der Waals surface area contributed by atoms with Crippen molar-refractivity contribution >= 4 is 46.3 Å². The topological polar surface area (TPSA) is 66.8 Å². The van der Waals surface area contributed by atoms with Gasteiger partial charge in [-0.2, -0.15) is 0 Å². The molecular formula is C15H14FNO4S2. The number of carbonyl (C=O) groups excluding carboxylic acids is 1. The summed E-state index contributed by atoms with van der Waals surface area (Å²) in [6.45, 7) is 0.231. The molecule has 1 amide bonds. The van der Waals surface area contributed by atoms with Crippen LogP contribution in [0.1, 0.15) is 18.4 Å². The Morgan fingerprint density at radius 3 is 2.91 bits per heavy atom. The van der Waals surface area contributed by atoms with Gasteiger partial charge in [-0.1, -0.05) is 36.1 Å². The highest BCUT2D eigenvalue weighted by molar-refractivity contribution is 8.26. The van der Waals surface area contributed by atoms with Gasteiger partial charge < -0.3 is 9.84 Å². The summed E-state index contributed by atoms with van der Waals surface area (Å²) in [7, 11) is 1.37. The summed E-state index contributed by atoms with van der Waals surface area (Å²) in [5, 5.41) is 8.64. The minimum Gasteiger partial charge on any atom is -0.494 e. The van der Waals surface area contributed by atoms with E-state index >= 15 is 0 Å². The van der Waals surface area contributed by atoms with Crippen LogP contribution in [0.5, 0.6) is 5.75 Å². The molecule has 0 bridgehead atoms. The number of carboxylic acids is 1. The smallest absolute Gasteiger partial charge is 0.303 e. The minimum absolute atomic E-state index is 0.0411. The van der Waals surface area contributed by atoms with Crippen molar-refractivity contribution in [3.63, 3.8) is 0 Å². The Bertz CT molecular complexity index is 690. The second kappa shape index (κ2) is 7.56. The summed E-state index contributed by atoms with van der Waals surface area (Å²) >= 11 is 6.20. The van der Waals surface area contributed by atoms with Gasteiger partial charge in [0.15, 0.2) is 11.6 Å². The van der Waals surface area contributed by atoms with Gasteiger partial charge in [0.25, 0.3) is 5.91 Å². The van der Waals surface area contributed by atoms with Gasteiger partial charge in [0.05, 0.1) is 12.0 Å². The van der Waals surface area contributed by atoms with E-state index < -0.39 is 11.8 Å². The highest BCUT2D eigenvalue weighted by Crippen LogP contribution is 2.34. The Morgan fingerprint density at radius 2 is 2.26 bits per heavy atom. The highest BCUT2D eigenvalue weighted by Gasteiger charge is 2.31. The third kappa shape index (κ3) is 4.08. The van der Waals surface area contributed by atoms with Crippen molar-refractivity contribution in [2.75, 3.05) is 13.7 Å². The average Bonchev–Trinajstić information content (AvgIpc) is 2.76. The van der Waals surface area contributed by atoms with E-state index in [9.17, 15) is 14.0 Å². The molecule has 0 aliphatic carbocycles. The summed E-state index contributed by atoms with van der Waals surface area (Å²) in [6.07, 6.45) is 1.69. The van der Waals surface area contributed by atoms with Crippen molar-refractivity contribution in [3.8, 4) is 5.75 Å². The molecular weight excluding hydrogens is 341 g/mol. The van der Waals surface area contributed by atoms with Crippen molar-refractivity contribution < 1.29 is 23.8 Å². The molecule has 0 unspecified atom stereocenters. The Balaban J connectivity index is 2.17. The fraction of sp³-hybridized carbons (Fsp3) is 0.267. The Labute approximate surface area is 142 Å². The number of nitrogens with zero attached hydrogens (tertiary/aromatic N) is 1. The molecule has 1 heterocycles. The number of thiocarbonyl (C=S) groups is 1. The number of benzene rings is 1. The lowest BCUT2D eigenvalue weighted by atomic mass is 10.2. The van der Waals surface area contributed by atoms with E-state index in [0.717, 1.165) is 11.8 Å². The molecule has 1 aliphatic rings. The average molecular weight is 355 g/mol. The number of thioether (sulfide) groups is 1. The first-order chi connectivity index (χ1) is 10.9. The summed E-state index contributed by atoms with van der Waals surface area (Å²) < 4.78 is 19.4. The Morgan fingerprint density at radius 1 is 1.52 bits per heavy atom. The number of aliphatic carboxylic acids is 1. The van der Waals surface area contributed by atoms with Crippen LogP contribution in [0.15, 0.2) is 23.1 Å². The molecule has 1 fully saturated rings. The van der Waals surface area contributed by atoms with Gasteiger partial charge >= 0.3 is 5.97 Å². The Hall–Kier alpha value is -1.93. The number of carboxylic acid groups (broad SMARTS) is 1. The van der Waals surface area contributed by atoms with Gasteiger partial charge in [-0.05, 0) is 18.6 Å². The lowest BCUT2D eigenvalue weighted by Gasteiger charge is -2.13. The van der Waals surface area contributed by atoms with Crippen molar-refractivity contribution in [3.05, 3.63) is 34.5 Å². The number of rotatable bonds is 6. The van der Waals surface area contributed by atoms with E-state index in [2.05, 4.69) is 0 Å². The molecule has 0 radical (unpaired) electrons. The highest BCUT2D eigenvalue weighted by atomic mass is 32.2. The fourth-order valence-electron chi connectivity index (χ4n) is 2.02. The van der Waals surface area contributed by atoms with Crippen molar-refractivity contribution in [2.45, 2.75) is 12.8 Å². The van der Waals surface area contributed by atoms with Crippen LogP contribution in [0.25, 0.3) is 6.08 Å². The number of carbonyl (C=O) groups is 2. The normalized spacial score (nSPS) is 16.3. The summed E-state index contributed by atoms with van der Waals surface area (Å²) in [6, 6.07) is 4.65. The van der Waals surface area contributed by atoms with E-state index in [1.807, 2.05) is 0 Å². The third-order valence-corrected chi connectivity index (χ3v) is 4.52. The maximum atomic E-state index is 14.1. The first-order valence-electron chi connectivity index (χ1n) is 6.73. The molecule has 1 N–H and O–H groups in total. The van der Waals surface area contributed by atoms with Gasteiger partial charge in [-0.15, -0.1) is 0 Å². The van der Waals surface area contributed by atoms with Crippen molar-refractivity contribution in [1.29, 1.82) is 0 Å². The second-order valence-electron chi connectivity index (χ2n) is 4.69. The predicted octanol–water partition coefficient (Wildman–Crippen LogP) is 2.90. The van der Waals surface area contributed by atoms with Gasteiger partial charge in [0.2, 0.25) is 0 Å². The zero-order valence-electron chi connectivity index (χ0n) is 12.2. The molecule has 2 rings (SSSR count). The second-order valence-corrected chi connectivity index (χ2v) is 6.37. The predicted molar refractivity (Wildman–Crippen MR) is 89.7 cm³/mol. The molecule has 1 aromatic rings. The standard InChI is InChI=1S/C15H14FNO4S2/c1-21-10-5-2-4-9(13(10)16)8-11-14(20)17(15(22)23-11)7-3-6-12(18)19/h2,4-5,8H,3,6-7H2,1H3,(H,18,19)/b11-8-. The van der Waals surface area contributed by atoms with Crippen LogP contribution >= 0.6 is 24.0 Å². The zero-order chi connectivity index (χ0) is 17.0. The number of amides is 1. The van der Waals surface area contributed by atoms with Gasteiger partial charge in [-0.25, -0.2) is 4.39 Å². The van der Waals surface area contributed by atoms with Crippen LogP contribution in [0.3, 0.4) is 0 Å². The van der Waals surface area contributed by atoms with Crippen LogP contribution in [-0.2, 0) is 9.59 Å². The quantitative estimate of drug-likeness (QED) is 0.625. The van der Waals surface area contributed by atoms with Crippen LogP contribution in [-0.4, -0.2) is 39.9 Å². The Kier molecular flexibility index (Phi) is 5.73. The number of hydrogen-bond donors (Lipinski definition) is 1. The number of halogens is 1.